The molecule has 0 atom stereocenters. The maximum atomic E-state index is 5.32. The van der Waals surface area contributed by atoms with Crippen molar-refractivity contribution < 1.29 is 0 Å². The predicted molar refractivity (Wildman–Crippen MR) is 161 cm³/mol. The fourth-order valence-electron chi connectivity index (χ4n) is 5.80. The van der Waals surface area contributed by atoms with Crippen LogP contribution in [0.1, 0.15) is 93.6 Å². The van der Waals surface area contributed by atoms with Gasteiger partial charge in [-0.25, -0.2) is 4.98 Å². The first-order valence-corrected chi connectivity index (χ1v) is 14.8. The smallest absolute Gasteiger partial charge is 0.111 e. The molecule has 0 unspecified atom stereocenters. The summed E-state index contributed by atoms with van der Waals surface area (Å²) in [6, 6.07) is 13.4. The minimum absolute atomic E-state index is 0.144. The number of para-hydroxylation sites is 1. The molecule has 2 aromatic heterocycles. The van der Waals surface area contributed by atoms with Gasteiger partial charge in [-0.05, 0) is 79.3 Å². The van der Waals surface area contributed by atoms with Gasteiger partial charge in [-0.3, -0.25) is 4.98 Å². The lowest BCUT2D eigenvalue weighted by Gasteiger charge is -2.19. The number of nitrogens with zero attached hydrogens (tertiary/aromatic N) is 3. The van der Waals surface area contributed by atoms with Gasteiger partial charge in [0.2, 0.25) is 0 Å². The molecule has 0 spiro atoms. The summed E-state index contributed by atoms with van der Waals surface area (Å²) in [7, 11) is 0. The van der Waals surface area contributed by atoms with Crippen LogP contribution in [0.15, 0.2) is 36.4 Å². The van der Waals surface area contributed by atoms with Crippen molar-refractivity contribution in [1.82, 2.24) is 19.9 Å². The SMILES string of the molecule is CCCCc1nc2c(CC(C)(C)C)nc3ccccc3c2n1Cc1c(C)cc(CNCCC2CC2)cc1C. The number of pyridine rings is 1. The third-order valence-corrected chi connectivity index (χ3v) is 8.01. The van der Waals surface area contributed by atoms with Gasteiger partial charge in [-0.15, -0.1) is 0 Å². The molecule has 0 aliphatic heterocycles. The lowest BCUT2D eigenvalue weighted by atomic mass is 9.89. The Morgan fingerprint density at radius 1 is 1.03 bits per heavy atom. The van der Waals surface area contributed by atoms with Crippen LogP contribution in [0.4, 0.5) is 0 Å². The molecule has 0 amide bonds. The van der Waals surface area contributed by atoms with Gasteiger partial charge in [0, 0.05) is 24.9 Å². The zero-order valence-electron chi connectivity index (χ0n) is 24.5. The number of nitrogens with one attached hydrogen (secondary N) is 1. The largest absolute Gasteiger partial charge is 0.323 e. The number of hydrogen-bond acceptors (Lipinski definition) is 3. The van der Waals surface area contributed by atoms with E-state index in [9.17, 15) is 0 Å². The monoisotopic (exact) mass is 510 g/mol. The summed E-state index contributed by atoms with van der Waals surface area (Å²) in [5.74, 6) is 2.18. The lowest BCUT2D eigenvalue weighted by molar-refractivity contribution is 0.408. The number of aromatic nitrogens is 3. The summed E-state index contributed by atoms with van der Waals surface area (Å²) >= 11 is 0. The summed E-state index contributed by atoms with van der Waals surface area (Å²) in [4.78, 5) is 10.5. The van der Waals surface area contributed by atoms with E-state index in [-0.39, 0.29) is 5.41 Å². The Balaban J connectivity index is 1.55. The maximum Gasteiger partial charge on any atom is 0.111 e. The number of unbranched alkanes of at least 4 members (excludes halogenated alkanes) is 1. The Hall–Kier alpha value is -2.72. The lowest BCUT2D eigenvalue weighted by Crippen LogP contribution is -2.16. The van der Waals surface area contributed by atoms with E-state index >= 15 is 0 Å². The van der Waals surface area contributed by atoms with Crippen LogP contribution in [-0.4, -0.2) is 21.1 Å². The number of hydrogen-bond donors (Lipinski definition) is 1. The number of rotatable bonds is 11. The quantitative estimate of drug-likeness (QED) is 0.207. The molecule has 5 rings (SSSR count). The first kappa shape index (κ1) is 26.9. The van der Waals surface area contributed by atoms with Crippen molar-refractivity contribution in [2.45, 2.75) is 99.6 Å². The molecule has 0 saturated heterocycles. The van der Waals surface area contributed by atoms with E-state index in [1.165, 1.54) is 58.2 Å². The first-order chi connectivity index (χ1) is 18.2. The van der Waals surface area contributed by atoms with Crippen LogP contribution in [0, 0.1) is 25.2 Å². The van der Waals surface area contributed by atoms with Gasteiger partial charge < -0.3 is 9.88 Å². The van der Waals surface area contributed by atoms with Gasteiger partial charge in [0.15, 0.2) is 0 Å². The van der Waals surface area contributed by atoms with Crippen LogP contribution in [0.5, 0.6) is 0 Å². The van der Waals surface area contributed by atoms with Gasteiger partial charge in [-0.2, -0.15) is 0 Å². The molecule has 38 heavy (non-hydrogen) atoms. The zero-order valence-corrected chi connectivity index (χ0v) is 24.5. The van der Waals surface area contributed by atoms with E-state index < -0.39 is 0 Å². The minimum atomic E-state index is 0.144. The number of fused-ring (bicyclic) bond motifs is 3. The molecule has 2 heterocycles. The molecule has 0 bridgehead atoms. The highest BCUT2D eigenvalue weighted by molar-refractivity contribution is 6.03. The molecule has 1 N–H and O–H groups in total. The second-order valence-electron chi connectivity index (χ2n) is 12.8. The summed E-state index contributed by atoms with van der Waals surface area (Å²) in [5, 5.41) is 4.88. The summed E-state index contributed by atoms with van der Waals surface area (Å²) in [5.41, 5.74) is 10.3. The molecule has 4 nitrogen and oxygen atoms in total. The Labute approximate surface area is 229 Å². The van der Waals surface area contributed by atoms with E-state index in [1.807, 2.05) is 0 Å². The van der Waals surface area contributed by atoms with Crippen molar-refractivity contribution in [3.05, 3.63) is 70.2 Å². The van der Waals surface area contributed by atoms with E-state index in [4.69, 9.17) is 9.97 Å². The first-order valence-electron chi connectivity index (χ1n) is 14.8. The van der Waals surface area contributed by atoms with Gasteiger partial charge in [0.1, 0.15) is 11.3 Å². The van der Waals surface area contributed by atoms with Crippen LogP contribution in [0.2, 0.25) is 0 Å². The zero-order chi connectivity index (χ0) is 26.9. The highest BCUT2D eigenvalue weighted by Crippen LogP contribution is 2.33. The topological polar surface area (TPSA) is 42.7 Å². The summed E-state index contributed by atoms with van der Waals surface area (Å²) in [6.45, 7) is 16.6. The number of benzene rings is 2. The Kier molecular flexibility index (Phi) is 7.90. The molecule has 0 radical (unpaired) electrons. The Bertz CT molecular complexity index is 1400. The number of aryl methyl sites for hydroxylation is 3. The van der Waals surface area contributed by atoms with E-state index in [0.717, 1.165) is 68.0 Å². The maximum absolute atomic E-state index is 5.32. The van der Waals surface area contributed by atoms with Crippen LogP contribution < -0.4 is 5.32 Å². The highest BCUT2D eigenvalue weighted by Gasteiger charge is 2.23. The minimum Gasteiger partial charge on any atom is -0.323 e. The molecule has 4 heteroatoms. The van der Waals surface area contributed by atoms with Crippen LogP contribution >= 0.6 is 0 Å². The van der Waals surface area contributed by atoms with Gasteiger partial charge in [0.05, 0.1) is 16.7 Å². The van der Waals surface area contributed by atoms with Crippen molar-refractivity contribution in [2.24, 2.45) is 11.3 Å². The normalized spacial score (nSPS) is 14.2. The van der Waals surface area contributed by atoms with Crippen molar-refractivity contribution in [3.8, 4) is 0 Å². The molecular weight excluding hydrogens is 464 g/mol. The molecule has 202 valence electrons. The van der Waals surface area contributed by atoms with E-state index in [2.05, 4.69) is 87.8 Å². The molecular formula is C34H46N4. The third-order valence-electron chi connectivity index (χ3n) is 8.01. The second-order valence-corrected chi connectivity index (χ2v) is 12.8. The van der Waals surface area contributed by atoms with Crippen LogP contribution in [0.3, 0.4) is 0 Å². The van der Waals surface area contributed by atoms with Crippen molar-refractivity contribution in [3.63, 3.8) is 0 Å². The Morgan fingerprint density at radius 2 is 1.76 bits per heavy atom. The van der Waals surface area contributed by atoms with Gasteiger partial charge in [0.25, 0.3) is 0 Å². The van der Waals surface area contributed by atoms with Crippen molar-refractivity contribution in [2.75, 3.05) is 6.54 Å². The van der Waals surface area contributed by atoms with Gasteiger partial charge >= 0.3 is 0 Å². The van der Waals surface area contributed by atoms with Crippen molar-refractivity contribution in [1.29, 1.82) is 0 Å². The Morgan fingerprint density at radius 3 is 2.45 bits per heavy atom. The molecule has 1 fully saturated rings. The molecule has 2 aromatic carbocycles. The highest BCUT2D eigenvalue weighted by atomic mass is 15.1. The second kappa shape index (κ2) is 11.2. The predicted octanol–water partition coefficient (Wildman–Crippen LogP) is 8.07. The molecule has 4 aromatic rings. The average molecular weight is 511 g/mol. The van der Waals surface area contributed by atoms with Crippen LogP contribution in [-0.2, 0) is 25.9 Å². The standard InChI is InChI=1S/C34H46N4/c1-7-8-13-31-37-32-30(20-34(4,5)6)36-29-12-10-9-11-27(29)33(32)38(31)22-28-23(2)18-26(19-24(28)3)21-35-17-16-25-14-15-25/h9-12,18-19,25,35H,7-8,13-17,20-22H2,1-6H3. The average Bonchev–Trinajstić information content (AvgIpc) is 3.61. The summed E-state index contributed by atoms with van der Waals surface area (Å²) in [6.07, 6.45) is 8.41. The van der Waals surface area contributed by atoms with Crippen molar-refractivity contribution >= 4 is 21.9 Å². The van der Waals surface area contributed by atoms with Gasteiger partial charge in [-0.1, -0.05) is 77.3 Å². The fraction of sp³-hybridized carbons (Fsp3) is 0.529. The summed E-state index contributed by atoms with van der Waals surface area (Å²) < 4.78 is 2.52. The number of imidazole rings is 1. The molecule has 1 aliphatic carbocycles. The van der Waals surface area contributed by atoms with Crippen LogP contribution in [0.25, 0.3) is 21.9 Å². The van der Waals surface area contributed by atoms with E-state index in [1.54, 1.807) is 0 Å². The third kappa shape index (κ3) is 6.12. The van der Waals surface area contributed by atoms with E-state index in [0.29, 0.717) is 0 Å². The fourth-order valence-corrected chi connectivity index (χ4v) is 5.80. The molecule has 1 aliphatic rings. The molecule has 1 saturated carbocycles.